The number of hydrogen-bond donors (Lipinski definition) is 1. The van der Waals surface area contributed by atoms with E-state index < -0.39 is 0 Å². The first-order valence-electron chi connectivity index (χ1n) is 4.80. The van der Waals surface area contributed by atoms with Crippen LogP contribution in [0, 0.1) is 0 Å². The highest BCUT2D eigenvalue weighted by molar-refractivity contribution is 5.43. The molecule has 0 saturated heterocycles. The van der Waals surface area contributed by atoms with Gasteiger partial charge in [0.25, 0.3) is 0 Å². The zero-order chi connectivity index (χ0) is 10.7. The minimum atomic E-state index is 0.141. The molecule has 0 amide bonds. The van der Waals surface area contributed by atoms with Gasteiger partial charge in [0.2, 0.25) is 6.08 Å². The topological polar surface area (TPSA) is 58.9 Å². The summed E-state index contributed by atoms with van der Waals surface area (Å²) < 4.78 is 5.44. The molecule has 1 unspecified atom stereocenters. The fourth-order valence-corrected chi connectivity index (χ4v) is 1.79. The quantitative estimate of drug-likeness (QED) is 0.589. The number of hydrogen-bond acceptors (Lipinski definition) is 4. The Morgan fingerprint density at radius 2 is 2.47 bits per heavy atom. The molecule has 2 rings (SSSR count). The fraction of sp³-hybridized carbons (Fsp3) is 0.364. The lowest BCUT2D eigenvalue weighted by molar-refractivity contribution is 0.268. The van der Waals surface area contributed by atoms with Crippen molar-refractivity contribution in [2.45, 2.75) is 12.3 Å². The van der Waals surface area contributed by atoms with Crippen LogP contribution in [0.25, 0.3) is 0 Å². The molecule has 1 aliphatic rings. The molecule has 1 atom stereocenters. The number of phenolic OH excluding ortho intramolecular Hbond substituents is 1. The maximum absolute atomic E-state index is 10.1. The highest BCUT2D eigenvalue weighted by atomic mass is 16.5. The molecule has 1 heterocycles. The van der Waals surface area contributed by atoms with Crippen LogP contribution >= 0.6 is 0 Å². The molecule has 0 aliphatic carbocycles. The predicted octanol–water partition coefficient (Wildman–Crippen LogP) is 1.59. The minimum Gasteiger partial charge on any atom is -0.508 e. The van der Waals surface area contributed by atoms with Crippen LogP contribution in [-0.4, -0.2) is 24.3 Å². The summed E-state index contributed by atoms with van der Waals surface area (Å²) in [5, 5.41) is 9.37. The number of benzene rings is 1. The number of fused-ring (bicyclic) bond motifs is 1. The van der Waals surface area contributed by atoms with Gasteiger partial charge in [0.05, 0.1) is 13.2 Å². The van der Waals surface area contributed by atoms with Gasteiger partial charge in [0.1, 0.15) is 11.5 Å². The standard InChI is InChI=1S/C11H11NO3/c13-7-12-6-8-3-4-15-11-2-1-9(14)5-10(8)11/h1-2,5,8,14H,3-4,6H2. The molecule has 1 N–H and O–H groups in total. The molecule has 78 valence electrons. The summed E-state index contributed by atoms with van der Waals surface area (Å²) in [7, 11) is 0. The van der Waals surface area contributed by atoms with Crippen LogP contribution in [0.15, 0.2) is 23.2 Å². The third-order valence-electron chi connectivity index (χ3n) is 2.53. The Hall–Kier alpha value is -1.80. The van der Waals surface area contributed by atoms with E-state index in [0.29, 0.717) is 13.2 Å². The van der Waals surface area contributed by atoms with E-state index in [1.807, 2.05) is 0 Å². The molecule has 0 radical (unpaired) electrons. The second-order valence-electron chi connectivity index (χ2n) is 3.49. The first-order chi connectivity index (χ1) is 7.31. The second-order valence-corrected chi connectivity index (χ2v) is 3.49. The molecule has 0 fully saturated rings. The van der Waals surface area contributed by atoms with Crippen molar-refractivity contribution >= 4 is 6.08 Å². The fourth-order valence-electron chi connectivity index (χ4n) is 1.79. The zero-order valence-electron chi connectivity index (χ0n) is 8.14. The Morgan fingerprint density at radius 3 is 3.27 bits per heavy atom. The zero-order valence-corrected chi connectivity index (χ0v) is 8.14. The van der Waals surface area contributed by atoms with Gasteiger partial charge in [0.15, 0.2) is 0 Å². The number of nitrogens with zero attached hydrogens (tertiary/aromatic N) is 1. The summed E-state index contributed by atoms with van der Waals surface area (Å²) in [6.45, 7) is 1.03. The molecule has 4 heteroatoms. The number of phenols is 1. The molecule has 0 spiro atoms. The van der Waals surface area contributed by atoms with Gasteiger partial charge in [-0.15, -0.1) is 0 Å². The van der Waals surface area contributed by atoms with E-state index in [1.165, 1.54) is 6.08 Å². The number of carbonyl (C=O) groups excluding carboxylic acids is 1. The molecular formula is C11H11NO3. The van der Waals surface area contributed by atoms with Crippen LogP contribution in [0.4, 0.5) is 0 Å². The summed E-state index contributed by atoms with van der Waals surface area (Å²) >= 11 is 0. The summed E-state index contributed by atoms with van der Waals surface area (Å²) in [4.78, 5) is 13.6. The number of ether oxygens (including phenoxy) is 1. The van der Waals surface area contributed by atoms with Crippen LogP contribution in [0.2, 0.25) is 0 Å². The lowest BCUT2D eigenvalue weighted by Crippen LogP contribution is -2.16. The second kappa shape index (κ2) is 4.15. The minimum absolute atomic E-state index is 0.141. The molecule has 0 aromatic heterocycles. The summed E-state index contributed by atoms with van der Waals surface area (Å²) in [5.41, 5.74) is 0.917. The Balaban J connectivity index is 2.31. The lowest BCUT2D eigenvalue weighted by Gasteiger charge is -2.24. The van der Waals surface area contributed by atoms with Crippen molar-refractivity contribution in [2.75, 3.05) is 13.2 Å². The van der Waals surface area contributed by atoms with E-state index >= 15 is 0 Å². The summed E-state index contributed by atoms with van der Waals surface area (Å²) in [6.07, 6.45) is 2.34. The summed E-state index contributed by atoms with van der Waals surface area (Å²) in [5.74, 6) is 1.12. The first-order valence-corrected chi connectivity index (χ1v) is 4.80. The van der Waals surface area contributed by atoms with Crippen molar-refractivity contribution in [1.29, 1.82) is 0 Å². The number of aromatic hydroxyl groups is 1. The van der Waals surface area contributed by atoms with Gasteiger partial charge < -0.3 is 9.84 Å². The average Bonchev–Trinajstić information content (AvgIpc) is 2.26. The van der Waals surface area contributed by atoms with Crippen molar-refractivity contribution in [2.24, 2.45) is 4.99 Å². The van der Waals surface area contributed by atoms with E-state index in [4.69, 9.17) is 4.74 Å². The van der Waals surface area contributed by atoms with E-state index in [2.05, 4.69) is 4.99 Å². The van der Waals surface area contributed by atoms with E-state index in [1.54, 1.807) is 18.2 Å². The van der Waals surface area contributed by atoms with Crippen LogP contribution in [0.3, 0.4) is 0 Å². The number of rotatable bonds is 2. The van der Waals surface area contributed by atoms with Crippen LogP contribution < -0.4 is 4.74 Å². The SMILES string of the molecule is O=C=NCC1CCOc2ccc(O)cc21. The van der Waals surface area contributed by atoms with Gasteiger partial charge in [-0.05, 0) is 24.6 Å². The molecule has 0 bridgehead atoms. The Morgan fingerprint density at radius 1 is 1.60 bits per heavy atom. The summed E-state index contributed by atoms with van der Waals surface area (Å²) in [6, 6.07) is 4.99. The van der Waals surface area contributed by atoms with Crippen LogP contribution in [0.1, 0.15) is 17.9 Å². The van der Waals surface area contributed by atoms with Gasteiger partial charge in [-0.1, -0.05) is 0 Å². The number of aliphatic imine (C=N–C) groups is 1. The maximum Gasteiger partial charge on any atom is 0.234 e. The molecule has 4 nitrogen and oxygen atoms in total. The highest BCUT2D eigenvalue weighted by Crippen LogP contribution is 2.35. The Bertz CT molecular complexity index is 410. The first kappa shape index (κ1) is 9.74. The van der Waals surface area contributed by atoms with E-state index in [-0.39, 0.29) is 11.7 Å². The number of isocyanates is 1. The normalized spacial score (nSPS) is 18.5. The predicted molar refractivity (Wildman–Crippen MR) is 53.9 cm³/mol. The van der Waals surface area contributed by atoms with Crippen LogP contribution in [0.5, 0.6) is 11.5 Å². The molecule has 1 aliphatic heterocycles. The molecule has 0 saturated carbocycles. The third-order valence-corrected chi connectivity index (χ3v) is 2.53. The largest absolute Gasteiger partial charge is 0.508 e. The van der Waals surface area contributed by atoms with E-state index in [0.717, 1.165) is 17.7 Å². The van der Waals surface area contributed by atoms with Crippen molar-refractivity contribution < 1.29 is 14.6 Å². The smallest absolute Gasteiger partial charge is 0.234 e. The molecule has 15 heavy (non-hydrogen) atoms. The molecular weight excluding hydrogens is 194 g/mol. The van der Waals surface area contributed by atoms with Gasteiger partial charge in [-0.25, -0.2) is 9.79 Å². The Kier molecular flexibility index (Phi) is 2.70. The van der Waals surface area contributed by atoms with Crippen molar-refractivity contribution in [3.63, 3.8) is 0 Å². The highest BCUT2D eigenvalue weighted by Gasteiger charge is 2.21. The van der Waals surface area contributed by atoms with Gasteiger partial charge in [-0.2, -0.15) is 0 Å². The monoisotopic (exact) mass is 205 g/mol. The van der Waals surface area contributed by atoms with Crippen molar-refractivity contribution in [1.82, 2.24) is 0 Å². The lowest BCUT2D eigenvalue weighted by atomic mass is 9.93. The van der Waals surface area contributed by atoms with Gasteiger partial charge >= 0.3 is 0 Å². The van der Waals surface area contributed by atoms with Gasteiger partial charge in [-0.3, -0.25) is 0 Å². The average molecular weight is 205 g/mol. The van der Waals surface area contributed by atoms with Gasteiger partial charge in [0, 0.05) is 11.5 Å². The van der Waals surface area contributed by atoms with Crippen LogP contribution in [-0.2, 0) is 4.79 Å². The van der Waals surface area contributed by atoms with E-state index in [9.17, 15) is 9.90 Å². The van der Waals surface area contributed by atoms with Crippen molar-refractivity contribution in [3.05, 3.63) is 23.8 Å². The Labute approximate surface area is 87.2 Å². The molecule has 1 aromatic rings. The molecule has 1 aromatic carbocycles. The van der Waals surface area contributed by atoms with Crippen molar-refractivity contribution in [3.8, 4) is 11.5 Å². The maximum atomic E-state index is 10.1. The third kappa shape index (κ3) is 2.00.